The Bertz CT molecular complexity index is 985. The molecule has 1 fully saturated rings. The van der Waals surface area contributed by atoms with Crippen LogP contribution in [0.5, 0.6) is 6.01 Å². The first-order valence-corrected chi connectivity index (χ1v) is 10.8. The van der Waals surface area contributed by atoms with Gasteiger partial charge < -0.3 is 20.6 Å². The number of anilines is 1. The molecule has 3 aromatic rings. The van der Waals surface area contributed by atoms with E-state index in [1.165, 1.54) is 12.0 Å². The summed E-state index contributed by atoms with van der Waals surface area (Å²) in [4.78, 5) is 14.3. The van der Waals surface area contributed by atoms with E-state index in [0.29, 0.717) is 29.0 Å². The van der Waals surface area contributed by atoms with Crippen molar-refractivity contribution in [3.63, 3.8) is 0 Å². The number of aliphatic hydroxyl groups excluding tert-OH is 1. The van der Waals surface area contributed by atoms with Crippen LogP contribution in [-0.2, 0) is 6.54 Å². The Morgan fingerprint density at radius 3 is 2.80 bits per heavy atom. The van der Waals surface area contributed by atoms with Crippen LogP contribution in [0, 0.1) is 5.92 Å². The van der Waals surface area contributed by atoms with E-state index in [-0.39, 0.29) is 6.01 Å². The number of fused-ring (bicyclic) bond motifs is 1. The highest BCUT2D eigenvalue weighted by Crippen LogP contribution is 2.31. The highest BCUT2D eigenvalue weighted by molar-refractivity contribution is 5.88. The van der Waals surface area contributed by atoms with Gasteiger partial charge in [-0.2, -0.15) is 9.97 Å². The van der Waals surface area contributed by atoms with Crippen molar-refractivity contribution in [2.24, 2.45) is 5.92 Å². The quantitative estimate of drug-likeness (QED) is 0.491. The maximum atomic E-state index is 11.0. The topological polar surface area (TPSA) is 100 Å². The van der Waals surface area contributed by atoms with Crippen LogP contribution in [0.4, 0.5) is 5.82 Å². The smallest absolute Gasteiger partial charge is 0.319 e. The lowest BCUT2D eigenvalue weighted by Gasteiger charge is -2.16. The van der Waals surface area contributed by atoms with E-state index < -0.39 is 6.10 Å². The molecular formula is C23H31N5O2. The predicted octanol–water partition coefficient (Wildman–Crippen LogP) is 3.64. The molecule has 0 bridgehead atoms. The molecular weight excluding hydrogens is 378 g/mol. The van der Waals surface area contributed by atoms with Crippen molar-refractivity contribution in [1.82, 2.24) is 19.9 Å². The molecule has 1 aliphatic heterocycles. The lowest BCUT2D eigenvalue weighted by molar-refractivity contribution is 0.221. The largest absolute Gasteiger partial charge is 0.463 e. The van der Waals surface area contributed by atoms with Gasteiger partial charge >= 0.3 is 6.01 Å². The molecule has 3 heterocycles. The van der Waals surface area contributed by atoms with Crippen molar-refractivity contribution in [1.29, 1.82) is 0 Å². The normalized spacial score (nSPS) is 18.2. The third-order valence-corrected chi connectivity index (χ3v) is 5.80. The number of aromatic amines is 1. The molecule has 2 aromatic heterocycles. The zero-order chi connectivity index (χ0) is 21.1. The summed E-state index contributed by atoms with van der Waals surface area (Å²) in [5.74, 6) is 1.10. The van der Waals surface area contributed by atoms with E-state index in [0.717, 1.165) is 44.0 Å². The number of benzene rings is 1. The summed E-state index contributed by atoms with van der Waals surface area (Å²) in [5, 5.41) is 11.0. The Balaban J connectivity index is 1.52. The summed E-state index contributed by atoms with van der Waals surface area (Å²) < 4.78 is 5.63. The molecule has 4 N–H and O–H groups in total. The number of nitrogens with zero attached hydrogens (tertiary/aromatic N) is 3. The van der Waals surface area contributed by atoms with Gasteiger partial charge in [-0.05, 0) is 36.4 Å². The van der Waals surface area contributed by atoms with Crippen LogP contribution in [0.2, 0.25) is 0 Å². The van der Waals surface area contributed by atoms with Crippen molar-refractivity contribution < 1.29 is 9.84 Å². The maximum Gasteiger partial charge on any atom is 0.319 e. The van der Waals surface area contributed by atoms with Gasteiger partial charge in [0.1, 0.15) is 17.1 Å². The number of H-pyrrole nitrogens is 1. The van der Waals surface area contributed by atoms with Crippen molar-refractivity contribution in [3.8, 4) is 6.01 Å². The highest BCUT2D eigenvalue weighted by Gasteiger charge is 2.21. The van der Waals surface area contributed by atoms with Crippen LogP contribution < -0.4 is 10.5 Å². The molecule has 1 aromatic carbocycles. The first-order valence-electron chi connectivity index (χ1n) is 10.8. The van der Waals surface area contributed by atoms with Crippen LogP contribution >= 0.6 is 0 Å². The molecule has 0 radical (unpaired) electrons. The third kappa shape index (κ3) is 4.42. The van der Waals surface area contributed by atoms with Gasteiger partial charge in [0, 0.05) is 24.8 Å². The average molecular weight is 410 g/mol. The maximum absolute atomic E-state index is 11.0. The number of likely N-dealkylation sites (tertiary alicyclic amines) is 1. The fourth-order valence-electron chi connectivity index (χ4n) is 4.02. The molecule has 160 valence electrons. The van der Waals surface area contributed by atoms with Gasteiger partial charge in [-0.1, -0.05) is 44.5 Å². The summed E-state index contributed by atoms with van der Waals surface area (Å²) in [6, 6.07) is 8.41. The third-order valence-electron chi connectivity index (χ3n) is 5.80. The van der Waals surface area contributed by atoms with Crippen LogP contribution in [0.15, 0.2) is 30.5 Å². The molecule has 2 unspecified atom stereocenters. The lowest BCUT2D eigenvalue weighted by Crippen LogP contribution is -2.19. The van der Waals surface area contributed by atoms with Crippen molar-refractivity contribution in [2.75, 3.05) is 25.4 Å². The van der Waals surface area contributed by atoms with E-state index in [1.54, 1.807) is 6.20 Å². The number of unbranched alkanes of at least 4 members (excludes halogenated alkanes) is 1. The zero-order valence-electron chi connectivity index (χ0n) is 17.8. The fraction of sp³-hybridized carbons (Fsp3) is 0.478. The number of nitrogen functional groups attached to an aromatic ring is 1. The van der Waals surface area contributed by atoms with E-state index in [9.17, 15) is 5.11 Å². The standard InChI is InChI=1S/C23H31N5O2/c1-3-4-11-30-23-26-19-18(12-25-20(19)22(24)27-23)21(29)17-7-5-16(6-8-17)14-28-10-9-15(2)13-28/h5-8,12,15,21,25,29H,3-4,9-11,13-14H2,1-2H3,(H2,24,26,27). The Kier molecular flexibility index (Phi) is 6.20. The second-order valence-corrected chi connectivity index (χ2v) is 8.33. The molecule has 2 atom stereocenters. The first kappa shape index (κ1) is 20.6. The molecule has 1 saturated heterocycles. The predicted molar refractivity (Wildman–Crippen MR) is 118 cm³/mol. The minimum atomic E-state index is -0.808. The molecule has 7 nitrogen and oxygen atoms in total. The van der Waals surface area contributed by atoms with Gasteiger partial charge in [-0.3, -0.25) is 4.90 Å². The van der Waals surface area contributed by atoms with Gasteiger partial charge in [-0.15, -0.1) is 0 Å². The SMILES string of the molecule is CCCCOc1nc(N)c2[nH]cc(C(O)c3ccc(CN4CCC(C)C4)cc3)c2n1. The number of aromatic nitrogens is 3. The van der Waals surface area contributed by atoms with Crippen molar-refractivity contribution >= 4 is 16.9 Å². The Hall–Kier alpha value is -2.64. The second kappa shape index (κ2) is 9.02. The summed E-state index contributed by atoms with van der Waals surface area (Å²) >= 11 is 0. The summed E-state index contributed by atoms with van der Waals surface area (Å²) in [6.07, 6.45) is 4.16. The minimum Gasteiger partial charge on any atom is -0.463 e. The summed E-state index contributed by atoms with van der Waals surface area (Å²) in [6.45, 7) is 8.21. The molecule has 30 heavy (non-hydrogen) atoms. The van der Waals surface area contributed by atoms with Gasteiger partial charge in [0.15, 0.2) is 5.82 Å². The van der Waals surface area contributed by atoms with Gasteiger partial charge in [-0.25, -0.2) is 0 Å². The molecule has 0 aliphatic carbocycles. The summed E-state index contributed by atoms with van der Waals surface area (Å²) in [7, 11) is 0. The van der Waals surface area contributed by atoms with Crippen molar-refractivity contribution in [3.05, 3.63) is 47.2 Å². The van der Waals surface area contributed by atoms with Gasteiger partial charge in [0.2, 0.25) is 0 Å². The monoisotopic (exact) mass is 409 g/mol. The zero-order valence-corrected chi connectivity index (χ0v) is 17.8. The van der Waals surface area contributed by atoms with E-state index >= 15 is 0 Å². The number of hydrogen-bond acceptors (Lipinski definition) is 6. The number of hydrogen-bond donors (Lipinski definition) is 3. The highest BCUT2D eigenvalue weighted by atomic mass is 16.5. The molecule has 0 amide bonds. The summed E-state index contributed by atoms with van der Waals surface area (Å²) in [5.41, 5.74) is 10.0. The van der Waals surface area contributed by atoms with Crippen LogP contribution in [0.25, 0.3) is 11.0 Å². The Morgan fingerprint density at radius 2 is 2.10 bits per heavy atom. The van der Waals surface area contributed by atoms with Crippen molar-refractivity contribution in [2.45, 2.75) is 45.8 Å². The number of aliphatic hydroxyl groups is 1. The van der Waals surface area contributed by atoms with E-state index in [1.807, 2.05) is 12.1 Å². The number of rotatable bonds is 8. The van der Waals surface area contributed by atoms with E-state index in [4.69, 9.17) is 10.5 Å². The van der Waals surface area contributed by atoms with Crippen LogP contribution in [0.1, 0.15) is 55.9 Å². The van der Waals surface area contributed by atoms with Gasteiger partial charge in [0.25, 0.3) is 0 Å². The fourth-order valence-corrected chi connectivity index (χ4v) is 4.02. The van der Waals surface area contributed by atoms with Gasteiger partial charge in [0.05, 0.1) is 6.61 Å². The number of nitrogens with one attached hydrogen (secondary N) is 1. The minimum absolute atomic E-state index is 0.247. The molecule has 0 saturated carbocycles. The van der Waals surface area contributed by atoms with Crippen LogP contribution in [0.3, 0.4) is 0 Å². The number of nitrogens with two attached hydrogens (primary N) is 1. The lowest BCUT2D eigenvalue weighted by atomic mass is 10.0. The van der Waals surface area contributed by atoms with Crippen LogP contribution in [-0.4, -0.2) is 44.7 Å². The molecule has 0 spiro atoms. The number of ether oxygens (including phenoxy) is 1. The molecule has 4 rings (SSSR count). The molecule has 1 aliphatic rings. The second-order valence-electron chi connectivity index (χ2n) is 8.33. The van der Waals surface area contributed by atoms with E-state index in [2.05, 4.69) is 45.8 Å². The average Bonchev–Trinajstić information content (AvgIpc) is 3.34. The Labute approximate surface area is 177 Å². The Morgan fingerprint density at radius 1 is 1.30 bits per heavy atom. The first-order chi connectivity index (χ1) is 14.5. The molecule has 7 heteroatoms.